The van der Waals surface area contributed by atoms with Gasteiger partial charge in [-0.1, -0.05) is 48.5 Å². The number of hydrogen-bond donors (Lipinski definition) is 1. The van der Waals surface area contributed by atoms with Gasteiger partial charge in [0.2, 0.25) is 0 Å². The number of aromatic amines is 1. The van der Waals surface area contributed by atoms with E-state index in [-0.39, 0.29) is 11.7 Å². The van der Waals surface area contributed by atoms with Crippen LogP contribution >= 0.6 is 0 Å². The lowest BCUT2D eigenvalue weighted by molar-refractivity contribution is 0.180. The van der Waals surface area contributed by atoms with E-state index in [2.05, 4.69) is 34.1 Å². The molecule has 5 aromatic rings. The number of para-hydroxylation sites is 4. The highest BCUT2D eigenvalue weighted by Crippen LogP contribution is 2.27. The van der Waals surface area contributed by atoms with Crippen molar-refractivity contribution in [3.05, 3.63) is 94.5 Å². The summed E-state index contributed by atoms with van der Waals surface area (Å²) in [5, 5.41) is 0. The van der Waals surface area contributed by atoms with Gasteiger partial charge < -0.3 is 4.98 Å². The first-order chi connectivity index (χ1) is 16.7. The minimum Gasteiger partial charge on any atom is -0.306 e. The number of imidazole rings is 1. The predicted octanol–water partition coefficient (Wildman–Crippen LogP) is 5.09. The maximum atomic E-state index is 12.5. The van der Waals surface area contributed by atoms with Crippen LogP contribution in [0.1, 0.15) is 30.1 Å². The average molecular weight is 450 g/mol. The van der Waals surface area contributed by atoms with Crippen molar-refractivity contribution in [3.8, 4) is 11.3 Å². The molecule has 0 atom stereocenters. The maximum Gasteiger partial charge on any atom is 0.326 e. The van der Waals surface area contributed by atoms with Crippen molar-refractivity contribution < 1.29 is 0 Å². The Kier molecular flexibility index (Phi) is 5.23. The second-order valence-electron chi connectivity index (χ2n) is 9.17. The van der Waals surface area contributed by atoms with Crippen LogP contribution in [-0.2, 0) is 6.54 Å². The number of piperidine rings is 1. The molecule has 0 saturated carbocycles. The number of benzene rings is 3. The molecule has 1 aliphatic rings. The highest BCUT2D eigenvalue weighted by molar-refractivity contribution is 5.78. The SMILES string of the molecule is Cc1nc2ccccc2nc1-c1ccc(CN2CCC(n3c(=O)[nH]c4ccccc43)CC2)cc1. The van der Waals surface area contributed by atoms with E-state index in [0.717, 1.165) is 71.5 Å². The Morgan fingerprint density at radius 1 is 0.882 bits per heavy atom. The molecule has 6 heteroatoms. The molecule has 170 valence electrons. The number of likely N-dealkylation sites (tertiary alicyclic amines) is 1. The molecule has 3 heterocycles. The zero-order chi connectivity index (χ0) is 23.1. The summed E-state index contributed by atoms with van der Waals surface area (Å²) in [6.07, 6.45) is 1.96. The van der Waals surface area contributed by atoms with Gasteiger partial charge in [0, 0.05) is 31.2 Å². The van der Waals surface area contributed by atoms with Crippen molar-refractivity contribution in [1.29, 1.82) is 0 Å². The monoisotopic (exact) mass is 449 g/mol. The Morgan fingerprint density at radius 2 is 1.56 bits per heavy atom. The van der Waals surface area contributed by atoms with Gasteiger partial charge in [0.05, 0.1) is 33.5 Å². The average Bonchev–Trinajstić information content (AvgIpc) is 3.20. The summed E-state index contributed by atoms with van der Waals surface area (Å²) in [5.74, 6) is 0. The van der Waals surface area contributed by atoms with Gasteiger partial charge in [0.1, 0.15) is 0 Å². The second-order valence-corrected chi connectivity index (χ2v) is 9.17. The maximum absolute atomic E-state index is 12.5. The van der Waals surface area contributed by atoms with E-state index in [4.69, 9.17) is 9.97 Å². The van der Waals surface area contributed by atoms with Gasteiger partial charge in [-0.25, -0.2) is 14.8 Å². The number of aryl methyl sites for hydroxylation is 1. The summed E-state index contributed by atoms with van der Waals surface area (Å²) in [6, 6.07) is 24.9. The fourth-order valence-corrected chi connectivity index (χ4v) is 5.16. The fraction of sp³-hybridized carbons (Fsp3) is 0.250. The Morgan fingerprint density at radius 3 is 2.32 bits per heavy atom. The van der Waals surface area contributed by atoms with Crippen LogP contribution in [0.3, 0.4) is 0 Å². The standard InChI is InChI=1S/C28H27N5O/c1-19-27(30-24-7-3-2-6-23(24)29-19)21-12-10-20(11-13-21)18-32-16-14-22(15-17-32)33-26-9-5-4-8-25(26)31-28(33)34/h2-13,22H,14-18H2,1H3,(H,31,34). The molecule has 0 radical (unpaired) electrons. The summed E-state index contributed by atoms with van der Waals surface area (Å²) in [5.41, 5.74) is 8.05. The molecule has 0 amide bonds. The van der Waals surface area contributed by atoms with Gasteiger partial charge in [-0.05, 0) is 49.6 Å². The first kappa shape index (κ1) is 20.8. The molecular formula is C28H27N5O. The third-order valence-electron chi connectivity index (χ3n) is 6.92. The highest BCUT2D eigenvalue weighted by atomic mass is 16.1. The molecular weight excluding hydrogens is 422 g/mol. The van der Waals surface area contributed by atoms with E-state index < -0.39 is 0 Å². The van der Waals surface area contributed by atoms with Gasteiger partial charge in [-0.15, -0.1) is 0 Å². The van der Waals surface area contributed by atoms with E-state index in [0.29, 0.717) is 0 Å². The van der Waals surface area contributed by atoms with E-state index in [1.54, 1.807) is 0 Å². The Labute approximate surface area is 197 Å². The van der Waals surface area contributed by atoms with Crippen LogP contribution in [0, 0.1) is 6.92 Å². The van der Waals surface area contributed by atoms with Crippen LogP contribution in [-0.4, -0.2) is 37.5 Å². The van der Waals surface area contributed by atoms with Gasteiger partial charge in [0.25, 0.3) is 0 Å². The van der Waals surface area contributed by atoms with Crippen LogP contribution in [0.4, 0.5) is 0 Å². The van der Waals surface area contributed by atoms with Crippen LogP contribution in [0.5, 0.6) is 0 Å². The molecule has 1 aliphatic heterocycles. The molecule has 1 fully saturated rings. The normalized spacial score (nSPS) is 15.3. The molecule has 0 unspecified atom stereocenters. The van der Waals surface area contributed by atoms with Crippen LogP contribution in [0.25, 0.3) is 33.3 Å². The quantitative estimate of drug-likeness (QED) is 0.415. The molecule has 34 heavy (non-hydrogen) atoms. The number of nitrogens with one attached hydrogen (secondary N) is 1. The molecule has 0 spiro atoms. The first-order valence-electron chi connectivity index (χ1n) is 11.9. The highest BCUT2D eigenvalue weighted by Gasteiger charge is 2.23. The number of rotatable bonds is 4. The second kappa shape index (κ2) is 8.54. The minimum atomic E-state index is 0.00215. The third-order valence-corrected chi connectivity index (χ3v) is 6.92. The van der Waals surface area contributed by atoms with Gasteiger partial charge in [0.15, 0.2) is 0 Å². The van der Waals surface area contributed by atoms with E-state index in [1.165, 1.54) is 5.56 Å². The fourth-order valence-electron chi connectivity index (χ4n) is 5.16. The number of aromatic nitrogens is 4. The van der Waals surface area contributed by atoms with Crippen molar-refractivity contribution >= 4 is 22.1 Å². The molecule has 6 nitrogen and oxygen atoms in total. The van der Waals surface area contributed by atoms with E-state index in [1.807, 2.05) is 60.0 Å². The molecule has 1 saturated heterocycles. The summed E-state index contributed by atoms with van der Waals surface area (Å²) >= 11 is 0. The molecule has 2 aromatic heterocycles. The number of H-pyrrole nitrogens is 1. The van der Waals surface area contributed by atoms with Gasteiger partial charge >= 0.3 is 5.69 Å². The largest absolute Gasteiger partial charge is 0.326 e. The lowest BCUT2D eigenvalue weighted by Crippen LogP contribution is -2.36. The van der Waals surface area contributed by atoms with Gasteiger partial charge in [-0.3, -0.25) is 9.47 Å². The van der Waals surface area contributed by atoms with E-state index >= 15 is 0 Å². The Bertz CT molecular complexity index is 1520. The molecule has 3 aromatic carbocycles. The zero-order valence-corrected chi connectivity index (χ0v) is 19.2. The number of nitrogens with zero attached hydrogens (tertiary/aromatic N) is 4. The lowest BCUT2D eigenvalue weighted by atomic mass is 10.0. The molecule has 1 N–H and O–H groups in total. The predicted molar refractivity (Wildman–Crippen MR) is 136 cm³/mol. The summed E-state index contributed by atoms with van der Waals surface area (Å²) in [7, 11) is 0. The summed E-state index contributed by atoms with van der Waals surface area (Å²) in [6.45, 7) is 4.89. The molecule has 0 bridgehead atoms. The lowest BCUT2D eigenvalue weighted by Gasteiger charge is -2.32. The van der Waals surface area contributed by atoms with Gasteiger partial charge in [-0.2, -0.15) is 0 Å². The van der Waals surface area contributed by atoms with Crippen molar-refractivity contribution in [2.45, 2.75) is 32.4 Å². The first-order valence-corrected chi connectivity index (χ1v) is 11.9. The van der Waals surface area contributed by atoms with Crippen LogP contribution in [0.15, 0.2) is 77.6 Å². The summed E-state index contributed by atoms with van der Waals surface area (Å²) < 4.78 is 1.95. The molecule has 6 rings (SSSR count). The number of fused-ring (bicyclic) bond motifs is 2. The molecule has 0 aliphatic carbocycles. The van der Waals surface area contributed by atoms with E-state index in [9.17, 15) is 4.79 Å². The van der Waals surface area contributed by atoms with Crippen molar-refractivity contribution in [1.82, 2.24) is 24.4 Å². The third kappa shape index (κ3) is 3.80. The van der Waals surface area contributed by atoms with Crippen molar-refractivity contribution in [2.24, 2.45) is 0 Å². The topological polar surface area (TPSA) is 66.8 Å². The summed E-state index contributed by atoms with van der Waals surface area (Å²) in [4.78, 5) is 27.6. The Hall–Kier alpha value is -3.77. The van der Waals surface area contributed by atoms with Crippen molar-refractivity contribution in [3.63, 3.8) is 0 Å². The number of hydrogen-bond acceptors (Lipinski definition) is 4. The smallest absolute Gasteiger partial charge is 0.306 e. The van der Waals surface area contributed by atoms with Crippen LogP contribution < -0.4 is 5.69 Å². The van der Waals surface area contributed by atoms with Crippen LogP contribution in [0.2, 0.25) is 0 Å². The zero-order valence-electron chi connectivity index (χ0n) is 19.2. The minimum absolute atomic E-state index is 0.00215. The van der Waals surface area contributed by atoms with Crippen molar-refractivity contribution in [2.75, 3.05) is 13.1 Å². The Balaban J connectivity index is 1.14.